The van der Waals surface area contributed by atoms with Crippen LogP contribution in [0, 0.1) is 6.92 Å². The number of sulfonamides is 1. The van der Waals surface area contributed by atoms with Gasteiger partial charge < -0.3 is 19.7 Å². The molecule has 0 saturated carbocycles. The van der Waals surface area contributed by atoms with Crippen LogP contribution in [0.25, 0.3) is 0 Å². The molecule has 0 aliphatic carbocycles. The summed E-state index contributed by atoms with van der Waals surface area (Å²) < 4.78 is 40.4. The van der Waals surface area contributed by atoms with Gasteiger partial charge in [-0.2, -0.15) is 0 Å². The summed E-state index contributed by atoms with van der Waals surface area (Å²) in [6.45, 7) is 5.19. The van der Waals surface area contributed by atoms with E-state index in [2.05, 4.69) is 5.32 Å². The molecule has 4 aromatic carbocycles. The molecule has 0 aromatic heterocycles. The second-order valence-electron chi connectivity index (χ2n) is 10.2. The number of carbonyl (C=O) groups excluding carboxylic acids is 2. The molecule has 1 atom stereocenters. The molecule has 1 N–H and O–H groups in total. The average molecular weight is 616 g/mol. The molecule has 1 unspecified atom stereocenters. The number of ether oxygens (including phenoxy) is 2. The Labute approximate surface area is 259 Å². The Morgan fingerprint density at radius 3 is 2.11 bits per heavy atom. The van der Waals surface area contributed by atoms with E-state index in [1.165, 1.54) is 17.0 Å². The van der Waals surface area contributed by atoms with Gasteiger partial charge in [-0.25, -0.2) is 8.42 Å². The van der Waals surface area contributed by atoms with Gasteiger partial charge in [-0.15, -0.1) is 0 Å². The molecule has 0 spiro atoms. The van der Waals surface area contributed by atoms with Crippen LogP contribution in [0.15, 0.2) is 108 Å². The summed E-state index contributed by atoms with van der Waals surface area (Å²) in [7, 11) is -2.64. The normalized spacial score (nSPS) is 11.7. The number of hydrogen-bond donors (Lipinski definition) is 1. The van der Waals surface area contributed by atoms with Gasteiger partial charge in [0.15, 0.2) is 0 Å². The third-order valence-corrected chi connectivity index (χ3v) is 8.78. The summed E-state index contributed by atoms with van der Waals surface area (Å²) in [5.74, 6) is 0.837. The molecule has 0 fully saturated rings. The first-order valence-corrected chi connectivity index (χ1v) is 15.7. The highest BCUT2D eigenvalue weighted by Crippen LogP contribution is 2.29. The largest absolute Gasteiger partial charge is 0.497 e. The first kappa shape index (κ1) is 32.1. The molecule has 4 rings (SSSR count). The van der Waals surface area contributed by atoms with Crippen molar-refractivity contribution in [2.24, 2.45) is 0 Å². The average Bonchev–Trinajstić information content (AvgIpc) is 3.03. The number of nitrogens with zero attached hydrogens (tertiary/aromatic N) is 2. The number of para-hydroxylation sites is 1. The van der Waals surface area contributed by atoms with Crippen LogP contribution in [-0.2, 0) is 26.2 Å². The molecular weight excluding hydrogens is 578 g/mol. The summed E-state index contributed by atoms with van der Waals surface area (Å²) in [5.41, 5.74) is 1.89. The van der Waals surface area contributed by atoms with Crippen molar-refractivity contribution >= 4 is 27.5 Å². The van der Waals surface area contributed by atoms with Crippen LogP contribution in [0.1, 0.15) is 25.0 Å². The van der Waals surface area contributed by atoms with E-state index in [-0.39, 0.29) is 23.0 Å². The number of rotatable bonds is 13. The highest BCUT2D eigenvalue weighted by molar-refractivity contribution is 7.92. The van der Waals surface area contributed by atoms with Crippen LogP contribution in [0.4, 0.5) is 5.69 Å². The maximum atomic E-state index is 14.1. The van der Waals surface area contributed by atoms with E-state index in [9.17, 15) is 18.0 Å². The van der Waals surface area contributed by atoms with Crippen LogP contribution >= 0.6 is 0 Å². The number of benzene rings is 4. The third kappa shape index (κ3) is 7.96. The molecule has 230 valence electrons. The highest BCUT2D eigenvalue weighted by Gasteiger charge is 2.32. The lowest BCUT2D eigenvalue weighted by Crippen LogP contribution is -2.51. The van der Waals surface area contributed by atoms with Crippen LogP contribution in [-0.4, -0.2) is 51.4 Å². The van der Waals surface area contributed by atoms with E-state index in [1.54, 1.807) is 75.6 Å². The zero-order chi connectivity index (χ0) is 31.7. The van der Waals surface area contributed by atoms with Gasteiger partial charge in [0.25, 0.3) is 10.0 Å². The van der Waals surface area contributed by atoms with Gasteiger partial charge in [0.1, 0.15) is 29.8 Å². The Balaban J connectivity index is 1.70. The number of anilines is 1. The molecule has 44 heavy (non-hydrogen) atoms. The minimum Gasteiger partial charge on any atom is -0.497 e. The van der Waals surface area contributed by atoms with Crippen molar-refractivity contribution in [3.63, 3.8) is 0 Å². The number of methoxy groups -OCH3 is 1. The SMILES string of the molecule is CCNC(=O)C(C)N(Cc1cccc(OC)c1)C(=O)CN(c1ccc(Oc2ccccc2)cc1)S(=O)(=O)c1ccc(C)cc1. The lowest BCUT2D eigenvalue weighted by molar-refractivity contribution is -0.139. The Hall–Kier alpha value is -4.83. The van der Waals surface area contributed by atoms with E-state index in [0.29, 0.717) is 23.8 Å². The predicted octanol–water partition coefficient (Wildman–Crippen LogP) is 5.54. The topological polar surface area (TPSA) is 105 Å². The second-order valence-corrected chi connectivity index (χ2v) is 12.0. The van der Waals surface area contributed by atoms with Crippen molar-refractivity contribution in [2.45, 2.75) is 38.3 Å². The number of amides is 2. The Morgan fingerprint density at radius 2 is 1.48 bits per heavy atom. The van der Waals surface area contributed by atoms with E-state index in [0.717, 1.165) is 15.4 Å². The zero-order valence-corrected chi connectivity index (χ0v) is 26.1. The predicted molar refractivity (Wildman–Crippen MR) is 170 cm³/mol. The fraction of sp³-hybridized carbons (Fsp3) is 0.235. The van der Waals surface area contributed by atoms with Gasteiger partial charge in [0.05, 0.1) is 17.7 Å². The van der Waals surface area contributed by atoms with Gasteiger partial charge >= 0.3 is 0 Å². The minimum atomic E-state index is -4.19. The van der Waals surface area contributed by atoms with Crippen LogP contribution in [0.5, 0.6) is 17.2 Å². The van der Waals surface area contributed by atoms with Crippen molar-refractivity contribution in [1.82, 2.24) is 10.2 Å². The summed E-state index contributed by atoms with van der Waals surface area (Å²) >= 11 is 0. The smallest absolute Gasteiger partial charge is 0.264 e. The molecule has 4 aromatic rings. The molecule has 10 heteroatoms. The molecule has 0 saturated heterocycles. The fourth-order valence-electron chi connectivity index (χ4n) is 4.54. The number of likely N-dealkylation sites (N-methyl/N-ethyl adjacent to an activating group) is 1. The lowest BCUT2D eigenvalue weighted by Gasteiger charge is -2.32. The lowest BCUT2D eigenvalue weighted by atomic mass is 10.1. The summed E-state index contributed by atoms with van der Waals surface area (Å²) in [6, 6.07) is 28.4. The molecule has 0 aliphatic rings. The summed E-state index contributed by atoms with van der Waals surface area (Å²) in [4.78, 5) is 28.4. The van der Waals surface area contributed by atoms with Gasteiger partial charge in [0.2, 0.25) is 11.8 Å². The zero-order valence-electron chi connectivity index (χ0n) is 25.3. The molecule has 9 nitrogen and oxygen atoms in total. The number of carbonyl (C=O) groups is 2. The molecule has 0 bridgehead atoms. The molecule has 2 amide bonds. The van der Waals surface area contributed by atoms with E-state index >= 15 is 0 Å². The first-order valence-electron chi connectivity index (χ1n) is 14.2. The van der Waals surface area contributed by atoms with Crippen molar-refractivity contribution in [1.29, 1.82) is 0 Å². The van der Waals surface area contributed by atoms with Crippen molar-refractivity contribution in [3.8, 4) is 17.2 Å². The van der Waals surface area contributed by atoms with Gasteiger partial charge in [-0.3, -0.25) is 13.9 Å². The Bertz CT molecular complexity index is 1660. The Morgan fingerprint density at radius 1 is 0.841 bits per heavy atom. The van der Waals surface area contributed by atoms with Gasteiger partial charge in [-0.05, 0) is 87.0 Å². The van der Waals surface area contributed by atoms with Crippen LogP contribution in [0.3, 0.4) is 0 Å². The van der Waals surface area contributed by atoms with Gasteiger partial charge in [-0.1, -0.05) is 48.0 Å². The van der Waals surface area contributed by atoms with Gasteiger partial charge in [0, 0.05) is 13.1 Å². The minimum absolute atomic E-state index is 0.0385. The van der Waals surface area contributed by atoms with Crippen LogP contribution < -0.4 is 19.1 Å². The highest BCUT2D eigenvalue weighted by atomic mass is 32.2. The third-order valence-electron chi connectivity index (χ3n) is 7.00. The molecule has 0 aliphatic heterocycles. The first-order chi connectivity index (χ1) is 21.1. The van der Waals surface area contributed by atoms with E-state index in [1.807, 2.05) is 43.3 Å². The monoisotopic (exact) mass is 615 g/mol. The number of hydrogen-bond acceptors (Lipinski definition) is 6. The summed E-state index contributed by atoms with van der Waals surface area (Å²) in [6.07, 6.45) is 0. The maximum absolute atomic E-state index is 14.1. The quantitative estimate of drug-likeness (QED) is 0.212. The van der Waals surface area contributed by atoms with Crippen molar-refractivity contribution in [3.05, 3.63) is 114 Å². The van der Waals surface area contributed by atoms with E-state index in [4.69, 9.17) is 9.47 Å². The molecular formula is C34H37N3O6S. The van der Waals surface area contributed by atoms with Crippen LogP contribution in [0.2, 0.25) is 0 Å². The summed E-state index contributed by atoms with van der Waals surface area (Å²) in [5, 5.41) is 2.76. The number of aryl methyl sites for hydroxylation is 1. The standard InChI is InChI=1S/C34H37N3O6S/c1-5-35-34(39)26(3)36(23-27-10-9-13-31(22-27)42-4)33(38)24-37(44(40,41)32-20-14-25(2)15-21-32)28-16-18-30(19-17-28)43-29-11-7-6-8-12-29/h6-22,26H,5,23-24H2,1-4H3,(H,35,39). The van der Waals surface area contributed by atoms with E-state index < -0.39 is 28.5 Å². The van der Waals surface area contributed by atoms with Crippen molar-refractivity contribution < 1.29 is 27.5 Å². The number of nitrogens with one attached hydrogen (secondary N) is 1. The van der Waals surface area contributed by atoms with Crippen molar-refractivity contribution in [2.75, 3.05) is 24.5 Å². The Kier molecular flexibility index (Phi) is 10.6. The molecule has 0 radical (unpaired) electrons. The maximum Gasteiger partial charge on any atom is 0.264 e. The fourth-order valence-corrected chi connectivity index (χ4v) is 5.96. The molecule has 0 heterocycles. The second kappa shape index (κ2) is 14.6.